The zero-order valence-corrected chi connectivity index (χ0v) is 19.1. The number of quaternary nitrogens is 1. The molecule has 0 fully saturated rings. The lowest BCUT2D eigenvalue weighted by Crippen LogP contribution is -2.60. The van der Waals surface area contributed by atoms with Gasteiger partial charge in [0.1, 0.15) is 6.04 Å². The Morgan fingerprint density at radius 2 is 0.931 bits per heavy atom. The molecule has 0 bridgehead atoms. The van der Waals surface area contributed by atoms with Gasteiger partial charge >= 0.3 is 36.4 Å². The van der Waals surface area contributed by atoms with E-state index in [0.717, 1.165) is 13.8 Å². The quantitative estimate of drug-likeness (QED) is 0.125. The molecule has 0 heterocycles. The summed E-state index contributed by atoms with van der Waals surface area (Å²) in [5.41, 5.74) is -1.23. The molecule has 0 spiro atoms. The van der Waals surface area contributed by atoms with Crippen LogP contribution in [-0.4, -0.2) is 84.9 Å². The van der Waals surface area contributed by atoms with Crippen LogP contribution >= 0.6 is 30.4 Å². The minimum atomic E-state index is -5.72. The zero-order valence-electron chi connectivity index (χ0n) is 15.5. The number of rotatable bonds is 9. The highest BCUT2D eigenvalue weighted by Gasteiger charge is 2.68. The summed E-state index contributed by atoms with van der Waals surface area (Å²) in [6, 6.07) is -0.731. The van der Waals surface area contributed by atoms with Crippen molar-refractivity contribution in [1.29, 1.82) is 0 Å². The Hall–Kier alpha value is -0.0100. The standard InChI is InChI=1S/C6H19NO12P4.C3H7NO2/c1-3-7(4-2,5(20(8,9)10)21(11,12)13)6(22(14,15)16)23(17,18)19;1-2(4)3(5)6/h5-6H,3-4H2,1-2H3,(H7-,8,9,10,11,12,13,14,15,16,17,18,19);2H,4H2,1H3,(H,5,6)/p+1/t;2-/m.0/s1. The van der Waals surface area contributed by atoms with Gasteiger partial charge in [0, 0.05) is 0 Å². The Bertz CT molecular complexity index is 648. The van der Waals surface area contributed by atoms with Gasteiger partial charge in [0.05, 0.1) is 13.1 Å². The van der Waals surface area contributed by atoms with Gasteiger partial charge in [0.2, 0.25) is 0 Å². The van der Waals surface area contributed by atoms with E-state index in [9.17, 15) is 62.2 Å². The fourth-order valence-electron chi connectivity index (χ4n) is 2.59. The average Bonchev–Trinajstić information content (AvgIpc) is 2.40. The maximum atomic E-state index is 11.6. The van der Waals surface area contributed by atoms with Crippen molar-refractivity contribution in [3.8, 4) is 0 Å². The summed E-state index contributed by atoms with van der Waals surface area (Å²) < 4.78 is 44.5. The second-order valence-corrected chi connectivity index (χ2v) is 13.4. The van der Waals surface area contributed by atoms with Gasteiger partial charge in [0.15, 0.2) is 0 Å². The fourth-order valence-corrected chi connectivity index (χ4v) is 10.4. The lowest BCUT2D eigenvalue weighted by molar-refractivity contribution is -0.927. The first-order chi connectivity index (χ1) is 12.5. The second-order valence-electron chi connectivity index (χ2n) is 5.91. The summed E-state index contributed by atoms with van der Waals surface area (Å²) in [5.74, 6) is -0.963. The van der Waals surface area contributed by atoms with Crippen LogP contribution in [0.5, 0.6) is 0 Å². The molecule has 0 aliphatic rings. The molecule has 0 rings (SSSR count). The number of nitrogens with zero attached hydrogens (tertiary/aromatic N) is 1. The molecule has 0 aromatic rings. The summed E-state index contributed by atoms with van der Waals surface area (Å²) >= 11 is 0. The molecule has 0 aliphatic carbocycles. The highest BCUT2D eigenvalue weighted by molar-refractivity contribution is 7.72. The first kappa shape index (κ1) is 31.2. The highest BCUT2D eigenvalue weighted by atomic mass is 31.2. The van der Waals surface area contributed by atoms with Crippen LogP contribution in [0, 0.1) is 0 Å². The number of hydrogen-bond donors (Lipinski definition) is 10. The van der Waals surface area contributed by atoms with Crippen LogP contribution in [0.15, 0.2) is 0 Å². The van der Waals surface area contributed by atoms with Gasteiger partial charge in [-0.25, -0.2) is 0 Å². The van der Waals surface area contributed by atoms with Crippen LogP contribution < -0.4 is 5.73 Å². The summed E-state index contributed by atoms with van der Waals surface area (Å²) in [4.78, 5) is 83.9. The fraction of sp³-hybridized carbons (Fsp3) is 0.889. The van der Waals surface area contributed by atoms with Crippen LogP contribution in [0.2, 0.25) is 0 Å². The van der Waals surface area contributed by atoms with Gasteiger partial charge in [-0.3, -0.25) is 27.5 Å². The zero-order chi connectivity index (χ0) is 24.2. The smallest absolute Gasteiger partial charge is 0.395 e. The number of carboxylic acid groups (broad SMARTS) is 1. The van der Waals surface area contributed by atoms with E-state index in [1.807, 2.05) is 0 Å². The van der Waals surface area contributed by atoms with Crippen molar-refractivity contribution in [2.75, 3.05) is 13.1 Å². The van der Waals surface area contributed by atoms with Crippen LogP contribution in [-0.2, 0) is 23.1 Å². The van der Waals surface area contributed by atoms with E-state index in [4.69, 9.17) is 10.8 Å². The first-order valence-electron chi connectivity index (χ1n) is 7.55. The summed E-state index contributed by atoms with van der Waals surface area (Å²) in [5, 5.41) is 7.87. The molecule has 0 aromatic heterocycles. The van der Waals surface area contributed by atoms with Crippen molar-refractivity contribution in [3.05, 3.63) is 0 Å². The van der Waals surface area contributed by atoms with Gasteiger partial charge in [-0.15, -0.1) is 0 Å². The number of carbonyl (C=O) groups is 1. The van der Waals surface area contributed by atoms with Crippen molar-refractivity contribution in [2.45, 2.75) is 37.9 Å². The summed E-state index contributed by atoms with van der Waals surface area (Å²) in [7, 11) is -22.9. The molecule has 1 atom stereocenters. The predicted octanol–water partition coefficient (Wildman–Crippen LogP) is -1.46. The van der Waals surface area contributed by atoms with Gasteiger partial charge in [-0.1, -0.05) is 0 Å². The minimum Gasteiger partial charge on any atom is -0.480 e. The molecule has 0 unspecified atom stereocenters. The third kappa shape index (κ3) is 8.94. The van der Waals surface area contributed by atoms with Crippen molar-refractivity contribution >= 4 is 36.4 Å². The van der Waals surface area contributed by atoms with Gasteiger partial charge in [-0.2, -0.15) is 0 Å². The molecule has 0 saturated heterocycles. The SMILES string of the molecule is CC[N+](CC)(C(P(=O)(O)O)P(=O)(O)O)C(P(=O)(O)O)P(=O)(O)O.C[C@H](N)C(=O)O. The van der Waals surface area contributed by atoms with Crippen LogP contribution in [0.3, 0.4) is 0 Å². The van der Waals surface area contributed by atoms with Crippen LogP contribution in [0.1, 0.15) is 20.8 Å². The topological polar surface area (TPSA) is 293 Å². The molecule has 0 saturated carbocycles. The molecule has 29 heavy (non-hydrogen) atoms. The molecule has 0 amide bonds. The number of nitrogens with two attached hydrogens (primary N) is 1. The van der Waals surface area contributed by atoms with E-state index in [0.29, 0.717) is 0 Å². The molecule has 11 N–H and O–H groups in total. The Balaban J connectivity index is 0. The highest BCUT2D eigenvalue weighted by Crippen LogP contribution is 2.71. The van der Waals surface area contributed by atoms with Crippen LogP contribution in [0.25, 0.3) is 0 Å². The molecular formula is C9H27N2O14P4+. The van der Waals surface area contributed by atoms with Crippen molar-refractivity contribution in [3.63, 3.8) is 0 Å². The molecule has 0 aromatic carbocycles. The summed E-state index contributed by atoms with van der Waals surface area (Å²) in [6.07, 6.45) is 0. The van der Waals surface area contributed by atoms with E-state index >= 15 is 0 Å². The van der Waals surface area contributed by atoms with Gasteiger partial charge < -0.3 is 50.0 Å². The maximum Gasteiger partial charge on any atom is 0.395 e. The number of aliphatic carboxylic acids is 1. The lowest BCUT2D eigenvalue weighted by atomic mass is 10.4. The van der Waals surface area contributed by atoms with E-state index in [-0.39, 0.29) is 0 Å². The number of carboxylic acids is 1. The van der Waals surface area contributed by atoms with E-state index in [1.54, 1.807) is 0 Å². The lowest BCUT2D eigenvalue weighted by Gasteiger charge is -2.47. The third-order valence-corrected chi connectivity index (χ3v) is 11.5. The minimum absolute atomic E-state index is 0.731. The van der Waals surface area contributed by atoms with Crippen molar-refractivity contribution in [2.24, 2.45) is 5.73 Å². The van der Waals surface area contributed by atoms with Gasteiger partial charge in [-0.05, 0) is 20.8 Å². The average molecular weight is 511 g/mol. The Kier molecular flexibility index (Phi) is 11.3. The second kappa shape index (κ2) is 10.5. The Morgan fingerprint density at radius 1 is 0.759 bits per heavy atom. The monoisotopic (exact) mass is 511 g/mol. The molecule has 16 nitrogen and oxygen atoms in total. The molecule has 20 heteroatoms. The third-order valence-electron chi connectivity index (χ3n) is 3.69. The number of hydrogen-bond acceptors (Lipinski definition) is 6. The summed E-state index contributed by atoms with van der Waals surface area (Å²) in [6.45, 7) is 1.97. The molecular weight excluding hydrogens is 484 g/mol. The molecule has 0 radical (unpaired) electrons. The Morgan fingerprint density at radius 3 is 1.00 bits per heavy atom. The van der Waals surface area contributed by atoms with E-state index in [2.05, 4.69) is 0 Å². The molecule has 176 valence electrons. The van der Waals surface area contributed by atoms with Crippen molar-refractivity contribution in [1.82, 2.24) is 0 Å². The predicted molar refractivity (Wildman–Crippen MR) is 98.4 cm³/mol. The maximum absolute atomic E-state index is 11.6. The van der Waals surface area contributed by atoms with Crippen LogP contribution in [0.4, 0.5) is 0 Å². The largest absolute Gasteiger partial charge is 0.480 e. The normalized spacial score (nSPS) is 15.1. The van der Waals surface area contributed by atoms with E-state index in [1.165, 1.54) is 6.92 Å². The van der Waals surface area contributed by atoms with Crippen molar-refractivity contribution < 1.29 is 71.8 Å². The van der Waals surface area contributed by atoms with E-state index < -0.39 is 71.0 Å². The Labute approximate surface area is 165 Å². The van der Waals surface area contributed by atoms with Gasteiger partial charge in [0.25, 0.3) is 11.0 Å². The first-order valence-corrected chi connectivity index (χ1v) is 14.3. The molecule has 0 aliphatic heterocycles.